The quantitative estimate of drug-likeness (QED) is 0.602. The lowest BCUT2D eigenvalue weighted by Crippen LogP contribution is -2.40. The number of halogens is 2. The third-order valence-corrected chi connectivity index (χ3v) is 5.92. The maximum Gasteiger partial charge on any atom is 0.255 e. The first-order valence-electron chi connectivity index (χ1n) is 10.5. The van der Waals surface area contributed by atoms with E-state index in [0.29, 0.717) is 41.2 Å². The predicted molar refractivity (Wildman–Crippen MR) is 119 cm³/mol. The van der Waals surface area contributed by atoms with E-state index in [1.807, 2.05) is 30.5 Å². The Kier molecular flexibility index (Phi) is 5.38. The topological polar surface area (TPSA) is 76.3 Å². The van der Waals surface area contributed by atoms with E-state index in [2.05, 4.69) is 27.3 Å². The summed E-state index contributed by atoms with van der Waals surface area (Å²) in [6.45, 7) is 3.54. The van der Waals surface area contributed by atoms with E-state index < -0.39 is 6.43 Å². The number of hydrogen-bond donors (Lipinski definition) is 1. The van der Waals surface area contributed by atoms with Gasteiger partial charge in [-0.25, -0.2) is 13.3 Å². The predicted octanol–water partition coefficient (Wildman–Crippen LogP) is 3.64. The third-order valence-electron chi connectivity index (χ3n) is 5.92. The zero-order valence-electron chi connectivity index (χ0n) is 17.8. The minimum absolute atomic E-state index is 0.169. The molecule has 1 atom stereocenters. The van der Waals surface area contributed by atoms with Gasteiger partial charge in [0.05, 0.1) is 44.8 Å². The fourth-order valence-electron chi connectivity index (χ4n) is 4.02. The second-order valence-corrected chi connectivity index (χ2v) is 8.01. The summed E-state index contributed by atoms with van der Waals surface area (Å²) in [4.78, 5) is 10.5. The summed E-state index contributed by atoms with van der Waals surface area (Å²) in [5, 5.41) is 7.92. The second kappa shape index (κ2) is 8.34. The van der Waals surface area contributed by atoms with Gasteiger partial charge in [-0.2, -0.15) is 4.98 Å². The molecule has 0 aliphatic carbocycles. The molecule has 1 N–H and O–H groups in total. The Labute approximate surface area is 183 Å². The molecule has 32 heavy (non-hydrogen) atoms. The van der Waals surface area contributed by atoms with Crippen molar-refractivity contribution in [3.05, 3.63) is 30.5 Å². The zero-order valence-corrected chi connectivity index (χ0v) is 17.8. The number of methoxy groups -OCH3 is 1. The Bertz CT molecular complexity index is 1160. The van der Waals surface area contributed by atoms with Gasteiger partial charge in [-0.1, -0.05) is 6.07 Å². The van der Waals surface area contributed by atoms with Crippen molar-refractivity contribution in [2.75, 3.05) is 43.6 Å². The molecule has 0 spiro atoms. The lowest BCUT2D eigenvalue weighted by molar-refractivity contribution is -0.0380. The van der Waals surface area contributed by atoms with Crippen LogP contribution in [0, 0.1) is 5.92 Å². The molecule has 0 saturated carbocycles. The Balaban J connectivity index is 1.51. The molecule has 1 aromatic carbocycles. The number of aliphatic imine (C=N–C) groups is 1. The van der Waals surface area contributed by atoms with Crippen LogP contribution in [0.5, 0.6) is 5.88 Å². The average molecular weight is 442 g/mol. The van der Waals surface area contributed by atoms with E-state index in [-0.39, 0.29) is 12.6 Å². The number of alkyl halides is 2. The fraction of sp³-hybridized carbons (Fsp3) is 0.409. The highest BCUT2D eigenvalue weighted by Gasteiger charge is 2.26. The van der Waals surface area contributed by atoms with Gasteiger partial charge < -0.3 is 19.7 Å². The van der Waals surface area contributed by atoms with E-state index in [9.17, 15) is 8.78 Å². The standard InChI is InChI=1S/C22H24F2N6O2/c1-13(15-11-32-12-15)26-22-27-21(31-2)20-16(5-7-30(20)28-22)14-3-4-17-18(9-14)29(8-6-25-17)10-19(23)24/h3-7,9,13,15,19H,8,10-12H2,1-2H3,(H,26,28)/t13-/m1/s1. The molecule has 2 aliphatic rings. The molecule has 2 aliphatic heterocycles. The van der Waals surface area contributed by atoms with Gasteiger partial charge in [-0.3, -0.25) is 4.99 Å². The van der Waals surface area contributed by atoms with Crippen LogP contribution in [0.2, 0.25) is 0 Å². The number of nitrogens with zero attached hydrogens (tertiary/aromatic N) is 5. The van der Waals surface area contributed by atoms with Crippen LogP contribution in [0.15, 0.2) is 35.5 Å². The molecule has 0 bridgehead atoms. The van der Waals surface area contributed by atoms with Crippen LogP contribution < -0.4 is 15.0 Å². The van der Waals surface area contributed by atoms with Crippen molar-refractivity contribution >= 4 is 29.1 Å². The second-order valence-electron chi connectivity index (χ2n) is 8.01. The number of benzene rings is 1. The largest absolute Gasteiger partial charge is 0.479 e. The van der Waals surface area contributed by atoms with Crippen molar-refractivity contribution in [1.29, 1.82) is 0 Å². The first-order chi connectivity index (χ1) is 15.5. The summed E-state index contributed by atoms with van der Waals surface area (Å²) >= 11 is 0. The van der Waals surface area contributed by atoms with Gasteiger partial charge in [-0.05, 0) is 30.7 Å². The van der Waals surface area contributed by atoms with Gasteiger partial charge >= 0.3 is 0 Å². The number of fused-ring (bicyclic) bond motifs is 2. The summed E-state index contributed by atoms with van der Waals surface area (Å²) in [7, 11) is 1.57. The van der Waals surface area contributed by atoms with Crippen molar-refractivity contribution in [3.63, 3.8) is 0 Å². The molecular weight excluding hydrogens is 418 g/mol. The van der Waals surface area contributed by atoms with E-state index >= 15 is 0 Å². The zero-order chi connectivity index (χ0) is 22.2. The molecule has 4 heterocycles. The van der Waals surface area contributed by atoms with Crippen molar-refractivity contribution in [3.8, 4) is 17.0 Å². The molecule has 8 nitrogen and oxygen atoms in total. The fourth-order valence-corrected chi connectivity index (χ4v) is 4.02. The summed E-state index contributed by atoms with van der Waals surface area (Å²) in [5.74, 6) is 1.33. The summed E-state index contributed by atoms with van der Waals surface area (Å²) in [5.41, 5.74) is 3.76. The molecule has 0 unspecified atom stereocenters. The summed E-state index contributed by atoms with van der Waals surface area (Å²) in [6, 6.07) is 7.73. The number of nitrogens with one attached hydrogen (secondary N) is 1. The number of hydrogen-bond acceptors (Lipinski definition) is 7. The minimum atomic E-state index is -2.43. The lowest BCUT2D eigenvalue weighted by Gasteiger charge is -2.31. The number of rotatable bonds is 7. The van der Waals surface area contributed by atoms with Gasteiger partial charge in [0.2, 0.25) is 11.8 Å². The molecule has 0 amide bonds. The normalized spacial score (nSPS) is 16.8. The summed E-state index contributed by atoms with van der Waals surface area (Å²) in [6.07, 6.45) is 1.06. The maximum absolute atomic E-state index is 13.1. The van der Waals surface area contributed by atoms with Crippen LogP contribution in [0.25, 0.3) is 16.6 Å². The van der Waals surface area contributed by atoms with Crippen molar-refractivity contribution in [2.45, 2.75) is 19.4 Å². The van der Waals surface area contributed by atoms with Crippen LogP contribution in [-0.4, -0.2) is 66.7 Å². The molecular formula is C22H24F2N6O2. The van der Waals surface area contributed by atoms with Crippen LogP contribution in [0.1, 0.15) is 6.92 Å². The summed E-state index contributed by atoms with van der Waals surface area (Å²) < 4.78 is 38.7. The van der Waals surface area contributed by atoms with Crippen LogP contribution >= 0.6 is 0 Å². The van der Waals surface area contributed by atoms with Gasteiger partial charge in [-0.15, -0.1) is 5.10 Å². The highest BCUT2D eigenvalue weighted by molar-refractivity contribution is 5.90. The molecule has 1 saturated heterocycles. The molecule has 10 heteroatoms. The molecule has 0 radical (unpaired) electrons. The van der Waals surface area contributed by atoms with Crippen molar-refractivity contribution in [1.82, 2.24) is 14.6 Å². The number of aromatic nitrogens is 3. The van der Waals surface area contributed by atoms with E-state index in [1.165, 1.54) is 0 Å². The van der Waals surface area contributed by atoms with E-state index in [0.717, 1.165) is 24.3 Å². The Hall–Kier alpha value is -3.27. The van der Waals surface area contributed by atoms with Crippen LogP contribution in [0.4, 0.5) is 26.1 Å². The highest BCUT2D eigenvalue weighted by Crippen LogP contribution is 2.38. The molecule has 168 valence electrons. The van der Waals surface area contributed by atoms with E-state index in [4.69, 9.17) is 9.47 Å². The Morgan fingerprint density at radius 2 is 2.12 bits per heavy atom. The van der Waals surface area contributed by atoms with Crippen molar-refractivity contribution < 1.29 is 18.3 Å². The first-order valence-corrected chi connectivity index (χ1v) is 10.5. The Morgan fingerprint density at radius 1 is 1.28 bits per heavy atom. The number of anilines is 2. The van der Waals surface area contributed by atoms with Crippen LogP contribution in [-0.2, 0) is 4.74 Å². The smallest absolute Gasteiger partial charge is 0.255 e. The van der Waals surface area contributed by atoms with Crippen LogP contribution in [0.3, 0.4) is 0 Å². The average Bonchev–Trinajstić information content (AvgIpc) is 3.15. The Morgan fingerprint density at radius 3 is 2.84 bits per heavy atom. The monoisotopic (exact) mass is 442 g/mol. The van der Waals surface area contributed by atoms with Gasteiger partial charge in [0, 0.05) is 29.9 Å². The van der Waals surface area contributed by atoms with E-state index in [1.54, 1.807) is 22.7 Å². The minimum Gasteiger partial charge on any atom is -0.479 e. The van der Waals surface area contributed by atoms with Gasteiger partial charge in [0.1, 0.15) is 5.52 Å². The SMILES string of the molecule is COc1nc(N[C@H](C)C2COC2)nn2ccc(-c3ccc4c(c3)N(CC(F)F)CC=N4)c12. The first kappa shape index (κ1) is 20.6. The molecule has 3 aromatic rings. The molecule has 2 aromatic heterocycles. The third kappa shape index (κ3) is 3.75. The van der Waals surface area contributed by atoms with Crippen molar-refractivity contribution in [2.24, 2.45) is 10.9 Å². The highest BCUT2D eigenvalue weighted by atomic mass is 19.3. The lowest BCUT2D eigenvalue weighted by atomic mass is 10.0. The number of ether oxygens (including phenoxy) is 2. The van der Waals surface area contributed by atoms with Gasteiger partial charge in [0.25, 0.3) is 6.43 Å². The maximum atomic E-state index is 13.1. The molecule has 5 rings (SSSR count). The molecule has 1 fully saturated rings. The van der Waals surface area contributed by atoms with Gasteiger partial charge in [0.15, 0.2) is 0 Å².